The van der Waals surface area contributed by atoms with Crippen LogP contribution in [0.2, 0.25) is 0 Å². The molecule has 132 valence electrons. The van der Waals surface area contributed by atoms with Crippen molar-refractivity contribution in [2.45, 2.75) is 0 Å². The summed E-state index contributed by atoms with van der Waals surface area (Å²) in [6, 6.07) is 4.82. The van der Waals surface area contributed by atoms with Crippen LogP contribution in [0.5, 0.6) is 11.5 Å². The minimum Gasteiger partial charge on any atom is -0.493 e. The van der Waals surface area contributed by atoms with Crippen molar-refractivity contribution in [3.8, 4) is 11.5 Å². The van der Waals surface area contributed by atoms with Crippen LogP contribution in [-0.4, -0.2) is 56.7 Å². The van der Waals surface area contributed by atoms with Crippen LogP contribution < -0.4 is 25.8 Å². The number of carbonyl (C=O) groups excluding carboxylic acids is 2. The number of amides is 3. The number of guanidine groups is 1. The first-order chi connectivity index (χ1) is 11.0. The van der Waals surface area contributed by atoms with E-state index in [9.17, 15) is 9.59 Å². The van der Waals surface area contributed by atoms with Gasteiger partial charge < -0.3 is 25.8 Å². The molecule has 0 spiro atoms. The number of rotatable bonds is 6. The summed E-state index contributed by atoms with van der Waals surface area (Å²) in [5.41, 5.74) is 6.46. The lowest BCUT2D eigenvalue weighted by atomic mass is 10.3. The lowest BCUT2D eigenvalue weighted by Gasteiger charge is -2.12. The number of imide groups is 1. The quantitative estimate of drug-likeness (QED) is 0.254. The smallest absolute Gasteiger partial charge is 0.324 e. The van der Waals surface area contributed by atoms with Crippen LogP contribution in [0.4, 0.5) is 10.5 Å². The van der Waals surface area contributed by atoms with Crippen LogP contribution in [-0.2, 0) is 4.79 Å². The van der Waals surface area contributed by atoms with E-state index in [4.69, 9.17) is 15.2 Å². The number of aliphatic imine (C=N–C) groups is 1. The Hall–Kier alpha value is -2.24. The zero-order valence-corrected chi connectivity index (χ0v) is 15.7. The second-order valence-corrected chi connectivity index (χ2v) is 4.67. The van der Waals surface area contributed by atoms with Crippen molar-refractivity contribution in [3.05, 3.63) is 18.2 Å². The van der Waals surface area contributed by atoms with E-state index in [2.05, 4.69) is 15.6 Å². The Kier molecular flexibility index (Phi) is 7.55. The fourth-order valence-electron chi connectivity index (χ4n) is 2.05. The Morgan fingerprint density at radius 3 is 2.62 bits per heavy atom. The van der Waals surface area contributed by atoms with Gasteiger partial charge >= 0.3 is 6.03 Å². The normalized spacial score (nSPS) is 14.1. The molecule has 0 saturated carbocycles. The number of nitrogens with two attached hydrogens (primary N) is 1. The zero-order valence-electron chi connectivity index (χ0n) is 13.4. The molecule has 10 heteroatoms. The van der Waals surface area contributed by atoms with E-state index in [1.54, 1.807) is 25.3 Å². The Balaban J connectivity index is 0.00000288. The van der Waals surface area contributed by atoms with Crippen LogP contribution in [0.25, 0.3) is 0 Å². The van der Waals surface area contributed by atoms with Crippen molar-refractivity contribution in [2.75, 3.05) is 39.2 Å². The van der Waals surface area contributed by atoms with Gasteiger partial charge in [0.25, 0.3) is 0 Å². The second-order valence-electron chi connectivity index (χ2n) is 4.67. The van der Waals surface area contributed by atoms with Gasteiger partial charge in [-0.05, 0) is 12.1 Å². The van der Waals surface area contributed by atoms with Crippen LogP contribution in [0, 0.1) is 0 Å². The van der Waals surface area contributed by atoms with Crippen molar-refractivity contribution in [2.24, 2.45) is 10.7 Å². The molecule has 0 aliphatic carbocycles. The lowest BCUT2D eigenvalue weighted by molar-refractivity contribution is -0.124. The van der Waals surface area contributed by atoms with E-state index < -0.39 is 6.03 Å². The van der Waals surface area contributed by atoms with Gasteiger partial charge in [-0.15, -0.1) is 24.0 Å². The third-order valence-corrected chi connectivity index (χ3v) is 3.20. The maximum Gasteiger partial charge on any atom is 0.324 e. The molecule has 0 unspecified atom stereocenters. The molecule has 1 aliphatic heterocycles. The van der Waals surface area contributed by atoms with Gasteiger partial charge in [0.05, 0.1) is 33.9 Å². The van der Waals surface area contributed by atoms with Gasteiger partial charge in [0.15, 0.2) is 17.5 Å². The van der Waals surface area contributed by atoms with Gasteiger partial charge in [0.2, 0.25) is 5.91 Å². The summed E-state index contributed by atoms with van der Waals surface area (Å²) in [4.78, 5) is 28.0. The number of hydrogen-bond acceptors (Lipinski definition) is 5. The van der Waals surface area contributed by atoms with E-state index in [1.807, 2.05) is 0 Å². The summed E-state index contributed by atoms with van der Waals surface area (Å²) in [6.45, 7) is 0.423. The average Bonchev–Trinajstić information content (AvgIpc) is 2.86. The lowest BCUT2D eigenvalue weighted by Crippen LogP contribution is -2.34. The van der Waals surface area contributed by atoms with Gasteiger partial charge in [0, 0.05) is 11.8 Å². The predicted octanol–water partition coefficient (Wildman–Crippen LogP) is 0.600. The number of anilines is 1. The van der Waals surface area contributed by atoms with Crippen molar-refractivity contribution in [3.63, 3.8) is 0 Å². The van der Waals surface area contributed by atoms with E-state index in [1.165, 1.54) is 7.11 Å². The molecular weight excluding hydrogens is 429 g/mol. The molecule has 1 fully saturated rings. The Labute approximate surface area is 156 Å². The number of nitrogens with one attached hydrogen (secondary N) is 2. The molecule has 1 heterocycles. The topological polar surface area (TPSA) is 118 Å². The summed E-state index contributed by atoms with van der Waals surface area (Å²) in [5, 5.41) is 5.34. The number of benzene rings is 1. The minimum atomic E-state index is -0.406. The van der Waals surface area contributed by atoms with Crippen molar-refractivity contribution in [1.82, 2.24) is 10.2 Å². The van der Waals surface area contributed by atoms with Gasteiger partial charge in [-0.25, -0.2) is 4.79 Å². The number of halogens is 1. The number of methoxy groups -OCH3 is 2. The number of hydrogen-bond donors (Lipinski definition) is 3. The monoisotopic (exact) mass is 449 g/mol. The van der Waals surface area contributed by atoms with Crippen molar-refractivity contribution >= 4 is 47.6 Å². The molecule has 3 amide bonds. The summed E-state index contributed by atoms with van der Waals surface area (Å²) in [5.74, 6) is 1.07. The fraction of sp³-hybridized carbons (Fsp3) is 0.357. The van der Waals surface area contributed by atoms with E-state index in [0.717, 1.165) is 4.90 Å². The highest BCUT2D eigenvalue weighted by molar-refractivity contribution is 14.0. The van der Waals surface area contributed by atoms with Gasteiger partial charge in [0.1, 0.15) is 0 Å². The Bertz CT molecular complexity index is 622. The maximum absolute atomic E-state index is 11.4. The Morgan fingerprint density at radius 1 is 1.33 bits per heavy atom. The third kappa shape index (κ3) is 4.88. The van der Waals surface area contributed by atoms with Gasteiger partial charge in [-0.3, -0.25) is 14.7 Å². The molecular formula is C14H20IN5O4. The largest absolute Gasteiger partial charge is 0.493 e. The molecule has 2 rings (SSSR count). The van der Waals surface area contributed by atoms with E-state index in [-0.39, 0.29) is 55.5 Å². The maximum atomic E-state index is 11.4. The molecule has 0 atom stereocenters. The first kappa shape index (κ1) is 19.8. The highest BCUT2D eigenvalue weighted by Crippen LogP contribution is 2.29. The standard InChI is InChI=1S/C14H19N5O4.HI/c1-22-10-4-3-9(7-11(10)23-2)18-13(15)16-5-6-19-12(20)8-17-14(19)21;/h3-4,7H,5-6,8H2,1-2H3,(H,17,21)(H3,15,16,18);1H. The molecule has 24 heavy (non-hydrogen) atoms. The molecule has 1 aliphatic rings. The number of nitrogens with zero attached hydrogens (tertiary/aromatic N) is 2. The van der Waals surface area contributed by atoms with Crippen molar-refractivity contribution in [1.29, 1.82) is 0 Å². The number of ether oxygens (including phenoxy) is 2. The molecule has 0 bridgehead atoms. The van der Waals surface area contributed by atoms with Gasteiger partial charge in [-0.2, -0.15) is 0 Å². The van der Waals surface area contributed by atoms with Gasteiger partial charge in [-0.1, -0.05) is 0 Å². The highest BCUT2D eigenvalue weighted by Gasteiger charge is 2.27. The first-order valence-corrected chi connectivity index (χ1v) is 6.92. The molecule has 1 aromatic carbocycles. The summed E-state index contributed by atoms with van der Waals surface area (Å²) in [7, 11) is 3.09. The van der Waals surface area contributed by atoms with Crippen molar-refractivity contribution < 1.29 is 19.1 Å². The Morgan fingerprint density at radius 2 is 2.04 bits per heavy atom. The van der Waals surface area contributed by atoms with Crippen LogP contribution >= 0.6 is 24.0 Å². The minimum absolute atomic E-state index is 0. The number of carbonyl (C=O) groups is 2. The van der Waals surface area contributed by atoms with Crippen LogP contribution in [0.1, 0.15) is 0 Å². The van der Waals surface area contributed by atoms with E-state index in [0.29, 0.717) is 17.2 Å². The second kappa shape index (κ2) is 9.15. The highest BCUT2D eigenvalue weighted by atomic mass is 127. The van der Waals surface area contributed by atoms with Crippen LogP contribution in [0.3, 0.4) is 0 Å². The zero-order chi connectivity index (χ0) is 16.8. The average molecular weight is 449 g/mol. The predicted molar refractivity (Wildman–Crippen MR) is 100 cm³/mol. The molecule has 0 radical (unpaired) electrons. The molecule has 1 aromatic rings. The first-order valence-electron chi connectivity index (χ1n) is 6.92. The van der Waals surface area contributed by atoms with Crippen LogP contribution in [0.15, 0.2) is 23.2 Å². The summed E-state index contributed by atoms with van der Waals surface area (Å²) >= 11 is 0. The molecule has 4 N–H and O–H groups in total. The third-order valence-electron chi connectivity index (χ3n) is 3.20. The summed E-state index contributed by atoms with van der Waals surface area (Å²) in [6.07, 6.45) is 0. The molecule has 0 aromatic heterocycles. The molecule has 9 nitrogen and oxygen atoms in total. The SMILES string of the molecule is COc1ccc(NC(N)=NCCN2C(=O)CNC2=O)cc1OC.I. The molecule has 1 saturated heterocycles. The summed E-state index contributed by atoms with van der Waals surface area (Å²) < 4.78 is 10.3. The van der Waals surface area contributed by atoms with E-state index >= 15 is 0 Å². The fourth-order valence-corrected chi connectivity index (χ4v) is 2.05. The number of urea groups is 1.